The average molecular weight is 390 g/mol. The normalized spacial score (nSPS) is 11.6. The van der Waals surface area contributed by atoms with E-state index in [9.17, 15) is 0 Å². The highest BCUT2D eigenvalue weighted by atomic mass is 16.5. The molecule has 0 unspecified atom stereocenters. The van der Waals surface area contributed by atoms with E-state index < -0.39 is 0 Å². The topological polar surface area (TPSA) is 24.8 Å². The van der Waals surface area contributed by atoms with Gasteiger partial charge in [0.05, 0.1) is 25.6 Å². The summed E-state index contributed by atoms with van der Waals surface area (Å²) in [5.41, 5.74) is 2.09. The second-order valence-corrected chi connectivity index (χ2v) is 7.32. The second kappa shape index (κ2) is 7.53. The minimum absolute atomic E-state index is 0.620. The highest BCUT2D eigenvalue weighted by molar-refractivity contribution is 6.25. The second-order valence-electron chi connectivity index (χ2n) is 7.32. The van der Waals surface area contributed by atoms with Crippen LogP contribution in [-0.2, 0) is 0 Å². The zero-order valence-corrected chi connectivity index (χ0v) is 16.9. The SMILES string of the molecule is C=CCN(/N=C\c1ccc2ccc3cccc4ccc1c2c34)c1ccc(OC)cc1. The van der Waals surface area contributed by atoms with E-state index in [0.717, 1.165) is 17.0 Å². The van der Waals surface area contributed by atoms with Gasteiger partial charge < -0.3 is 4.74 Å². The number of rotatable bonds is 6. The number of benzene rings is 5. The van der Waals surface area contributed by atoms with E-state index in [1.54, 1.807) is 7.11 Å². The fraction of sp³-hybridized carbons (Fsp3) is 0.0741. The first-order valence-electron chi connectivity index (χ1n) is 10.0. The minimum Gasteiger partial charge on any atom is -0.497 e. The van der Waals surface area contributed by atoms with E-state index >= 15 is 0 Å². The van der Waals surface area contributed by atoms with Gasteiger partial charge >= 0.3 is 0 Å². The largest absolute Gasteiger partial charge is 0.497 e. The first kappa shape index (κ1) is 18.2. The summed E-state index contributed by atoms with van der Waals surface area (Å²) >= 11 is 0. The van der Waals surface area contributed by atoms with Crippen molar-refractivity contribution < 1.29 is 4.74 Å². The van der Waals surface area contributed by atoms with E-state index in [0.29, 0.717) is 6.54 Å². The van der Waals surface area contributed by atoms with Gasteiger partial charge in [0.2, 0.25) is 0 Å². The summed E-state index contributed by atoms with van der Waals surface area (Å²) in [6.45, 7) is 4.50. The molecule has 0 N–H and O–H groups in total. The van der Waals surface area contributed by atoms with Gasteiger partial charge in [-0.15, -0.1) is 6.58 Å². The van der Waals surface area contributed by atoms with Crippen molar-refractivity contribution in [3.8, 4) is 5.75 Å². The molecule has 0 heterocycles. The fourth-order valence-electron chi connectivity index (χ4n) is 4.10. The van der Waals surface area contributed by atoms with Gasteiger partial charge in [-0.2, -0.15) is 5.10 Å². The van der Waals surface area contributed by atoms with Gasteiger partial charge in [-0.25, -0.2) is 0 Å². The number of hydrogen-bond donors (Lipinski definition) is 0. The van der Waals surface area contributed by atoms with Crippen molar-refractivity contribution in [3.63, 3.8) is 0 Å². The highest BCUT2D eigenvalue weighted by Gasteiger charge is 2.10. The van der Waals surface area contributed by atoms with E-state index in [-0.39, 0.29) is 0 Å². The van der Waals surface area contributed by atoms with Gasteiger partial charge in [0.25, 0.3) is 0 Å². The molecule has 0 aliphatic heterocycles. The van der Waals surface area contributed by atoms with Crippen LogP contribution in [0.15, 0.2) is 96.6 Å². The van der Waals surface area contributed by atoms with Crippen LogP contribution >= 0.6 is 0 Å². The number of anilines is 1. The first-order valence-corrected chi connectivity index (χ1v) is 10.0. The molecule has 146 valence electrons. The van der Waals surface area contributed by atoms with Crippen molar-refractivity contribution in [2.75, 3.05) is 18.7 Å². The van der Waals surface area contributed by atoms with Gasteiger partial charge in [-0.05, 0) is 56.6 Å². The Kier molecular flexibility index (Phi) is 4.56. The molecule has 5 aromatic carbocycles. The molecule has 0 fully saturated rings. The first-order chi connectivity index (χ1) is 14.8. The molecule has 0 aliphatic carbocycles. The van der Waals surface area contributed by atoms with Crippen molar-refractivity contribution in [1.82, 2.24) is 0 Å². The summed E-state index contributed by atoms with van der Waals surface area (Å²) in [6, 6.07) is 27.5. The summed E-state index contributed by atoms with van der Waals surface area (Å²) in [5.74, 6) is 0.827. The van der Waals surface area contributed by atoms with Crippen LogP contribution in [0.25, 0.3) is 32.3 Å². The maximum atomic E-state index is 5.27. The Labute approximate surface area is 175 Å². The van der Waals surface area contributed by atoms with E-state index in [4.69, 9.17) is 9.84 Å². The van der Waals surface area contributed by atoms with Gasteiger partial charge in [-0.3, -0.25) is 5.01 Å². The quantitative estimate of drug-likeness (QED) is 0.141. The molecule has 0 aromatic heterocycles. The third-order valence-corrected chi connectivity index (χ3v) is 5.57. The molecule has 5 rings (SSSR count). The summed E-state index contributed by atoms with van der Waals surface area (Å²) in [4.78, 5) is 0. The van der Waals surface area contributed by atoms with Crippen molar-refractivity contribution >= 4 is 44.2 Å². The lowest BCUT2D eigenvalue weighted by atomic mass is 9.92. The molecular formula is C27H22N2O. The minimum atomic E-state index is 0.620. The predicted octanol–water partition coefficient (Wildman–Crippen LogP) is 6.62. The van der Waals surface area contributed by atoms with E-state index in [1.807, 2.05) is 41.6 Å². The smallest absolute Gasteiger partial charge is 0.119 e. The third kappa shape index (κ3) is 3.05. The molecular weight excluding hydrogens is 368 g/mol. The Morgan fingerprint density at radius 2 is 1.50 bits per heavy atom. The lowest BCUT2D eigenvalue weighted by Gasteiger charge is -2.18. The number of hydrogen-bond acceptors (Lipinski definition) is 3. The average Bonchev–Trinajstić information content (AvgIpc) is 2.81. The summed E-state index contributed by atoms with van der Waals surface area (Å²) in [7, 11) is 1.67. The molecule has 0 aliphatic rings. The van der Waals surface area contributed by atoms with Crippen molar-refractivity contribution in [3.05, 3.63) is 97.1 Å². The van der Waals surface area contributed by atoms with Gasteiger partial charge in [0.1, 0.15) is 5.75 Å². The van der Waals surface area contributed by atoms with Crippen molar-refractivity contribution in [2.24, 2.45) is 5.10 Å². The van der Waals surface area contributed by atoms with Crippen molar-refractivity contribution in [1.29, 1.82) is 0 Å². The maximum absolute atomic E-state index is 5.27. The van der Waals surface area contributed by atoms with Gasteiger partial charge in [-0.1, -0.05) is 60.7 Å². The Bertz CT molecular complexity index is 1350. The molecule has 3 nitrogen and oxygen atoms in total. The van der Waals surface area contributed by atoms with Crippen LogP contribution in [0.5, 0.6) is 5.75 Å². The number of ether oxygens (including phenoxy) is 1. The van der Waals surface area contributed by atoms with Crippen LogP contribution in [0, 0.1) is 0 Å². The molecule has 0 spiro atoms. The van der Waals surface area contributed by atoms with Gasteiger partial charge in [0.15, 0.2) is 0 Å². The van der Waals surface area contributed by atoms with Crippen LogP contribution in [0.4, 0.5) is 5.69 Å². The maximum Gasteiger partial charge on any atom is 0.119 e. The molecule has 0 saturated carbocycles. The summed E-state index contributed by atoms with van der Waals surface area (Å²) in [5, 5.41) is 14.4. The molecule has 0 saturated heterocycles. The number of methoxy groups -OCH3 is 1. The molecule has 0 atom stereocenters. The Morgan fingerprint density at radius 3 is 2.20 bits per heavy atom. The molecule has 3 heteroatoms. The lowest BCUT2D eigenvalue weighted by molar-refractivity contribution is 0.415. The van der Waals surface area contributed by atoms with Crippen LogP contribution < -0.4 is 9.75 Å². The third-order valence-electron chi connectivity index (χ3n) is 5.57. The Hall–Kier alpha value is -3.85. The summed E-state index contributed by atoms with van der Waals surface area (Å²) < 4.78 is 5.27. The van der Waals surface area contributed by atoms with Crippen LogP contribution in [0.2, 0.25) is 0 Å². The summed E-state index contributed by atoms with van der Waals surface area (Å²) in [6.07, 6.45) is 3.80. The zero-order chi connectivity index (χ0) is 20.5. The molecule has 0 bridgehead atoms. The monoisotopic (exact) mass is 390 g/mol. The van der Waals surface area contributed by atoms with Crippen LogP contribution in [0.3, 0.4) is 0 Å². The standard InChI is InChI=1S/C27H22N2O/c1-3-17-29(23-12-14-24(30-2)15-13-23)28-18-22-10-9-21-8-7-19-5-4-6-20-11-16-25(22)27(21)26(19)20/h3-16,18H,1,17H2,2H3/b28-18-. The lowest BCUT2D eigenvalue weighted by Crippen LogP contribution is -2.16. The molecule has 0 radical (unpaired) electrons. The molecule has 0 amide bonds. The highest BCUT2D eigenvalue weighted by Crippen LogP contribution is 2.35. The fourth-order valence-corrected chi connectivity index (χ4v) is 4.10. The molecule has 30 heavy (non-hydrogen) atoms. The van der Waals surface area contributed by atoms with Crippen LogP contribution in [0.1, 0.15) is 5.56 Å². The van der Waals surface area contributed by atoms with E-state index in [1.165, 1.54) is 32.3 Å². The Balaban J connectivity index is 1.60. The Morgan fingerprint density at radius 1 is 0.833 bits per heavy atom. The number of nitrogens with zero attached hydrogens (tertiary/aromatic N) is 2. The van der Waals surface area contributed by atoms with Crippen molar-refractivity contribution in [2.45, 2.75) is 0 Å². The van der Waals surface area contributed by atoms with Crippen LogP contribution in [-0.4, -0.2) is 19.9 Å². The number of hydrazone groups is 1. The van der Waals surface area contributed by atoms with Gasteiger partial charge in [0, 0.05) is 5.56 Å². The molecule has 5 aromatic rings. The predicted molar refractivity (Wildman–Crippen MR) is 128 cm³/mol. The van der Waals surface area contributed by atoms with E-state index in [2.05, 4.69) is 61.2 Å². The zero-order valence-electron chi connectivity index (χ0n) is 16.9.